The summed E-state index contributed by atoms with van der Waals surface area (Å²) in [5, 5.41) is 0. The first kappa shape index (κ1) is 11.7. The minimum absolute atomic E-state index is 0.302. The van der Waals surface area contributed by atoms with Crippen molar-refractivity contribution in [1.29, 1.82) is 0 Å². The number of nitrogens with two attached hydrogens (primary N) is 1. The van der Waals surface area contributed by atoms with Crippen LogP contribution in [0, 0.1) is 0 Å². The van der Waals surface area contributed by atoms with E-state index in [0.29, 0.717) is 12.0 Å². The lowest BCUT2D eigenvalue weighted by atomic mass is 9.91. The van der Waals surface area contributed by atoms with Gasteiger partial charge in [-0.3, -0.25) is 0 Å². The molecule has 1 aliphatic heterocycles. The van der Waals surface area contributed by atoms with Crippen LogP contribution in [-0.2, 0) is 0 Å². The molecule has 0 saturated heterocycles. The van der Waals surface area contributed by atoms with E-state index < -0.39 is 0 Å². The van der Waals surface area contributed by atoms with Gasteiger partial charge in [0.2, 0.25) is 0 Å². The topological polar surface area (TPSA) is 26.0 Å². The van der Waals surface area contributed by atoms with Gasteiger partial charge in [0.25, 0.3) is 0 Å². The molecular weight excluding hydrogens is 214 g/mol. The molecule has 0 aliphatic carbocycles. The van der Waals surface area contributed by atoms with E-state index in [9.17, 15) is 0 Å². The predicted octanol–water partition coefficient (Wildman–Crippen LogP) is 3.56. The van der Waals surface area contributed by atoms with Gasteiger partial charge in [-0.05, 0) is 30.9 Å². The number of benzene rings is 1. The van der Waals surface area contributed by atoms with Crippen LogP contribution in [0.15, 0.2) is 41.8 Å². The molecule has 16 heavy (non-hydrogen) atoms. The highest BCUT2D eigenvalue weighted by Gasteiger charge is 2.27. The van der Waals surface area contributed by atoms with Crippen LogP contribution >= 0.6 is 11.8 Å². The Hall–Kier alpha value is -0.730. The van der Waals surface area contributed by atoms with Crippen molar-refractivity contribution in [2.45, 2.75) is 36.1 Å². The number of fused-ring (bicyclic) bond motifs is 1. The predicted molar refractivity (Wildman–Crippen MR) is 71.9 cm³/mol. The Kier molecular flexibility index (Phi) is 4.08. The molecule has 0 spiro atoms. The zero-order valence-electron chi connectivity index (χ0n) is 9.56. The minimum Gasteiger partial charge on any atom is -0.327 e. The molecule has 0 aromatic heterocycles. The van der Waals surface area contributed by atoms with Crippen molar-refractivity contribution >= 4 is 11.8 Å². The Morgan fingerprint density at radius 1 is 1.50 bits per heavy atom. The molecule has 1 aromatic carbocycles. The number of hydrogen-bond donors (Lipinski definition) is 1. The van der Waals surface area contributed by atoms with E-state index in [1.807, 2.05) is 17.8 Å². The molecular formula is C14H19NS. The molecule has 2 atom stereocenters. The van der Waals surface area contributed by atoms with E-state index in [4.69, 9.17) is 5.73 Å². The van der Waals surface area contributed by atoms with Crippen molar-refractivity contribution in [2.75, 3.05) is 5.75 Å². The fourth-order valence-electron chi connectivity index (χ4n) is 2.24. The third kappa shape index (κ3) is 2.50. The summed E-state index contributed by atoms with van der Waals surface area (Å²) in [6.45, 7) is 3.75. The third-order valence-corrected chi connectivity index (χ3v) is 4.41. The smallest absolute Gasteiger partial charge is 0.0116 e. The van der Waals surface area contributed by atoms with Crippen molar-refractivity contribution < 1.29 is 0 Å². The Balaban J connectivity index is 1.98. The van der Waals surface area contributed by atoms with E-state index in [0.717, 1.165) is 25.0 Å². The number of allylic oxidation sites excluding steroid dienone is 1. The SMILES string of the molecule is C=CCCCC(N)C1CSc2ccccc21. The zero-order valence-corrected chi connectivity index (χ0v) is 10.4. The highest BCUT2D eigenvalue weighted by atomic mass is 32.2. The standard InChI is InChI=1S/C14H19NS/c1-2-3-4-8-13(15)12-10-16-14-9-6-5-7-11(12)14/h2,5-7,9,12-13H,1,3-4,8,10,15H2. The molecule has 0 radical (unpaired) electrons. The number of hydrogen-bond acceptors (Lipinski definition) is 2. The van der Waals surface area contributed by atoms with E-state index in [-0.39, 0.29) is 0 Å². The average Bonchev–Trinajstić information content (AvgIpc) is 2.73. The summed E-state index contributed by atoms with van der Waals surface area (Å²) in [5.41, 5.74) is 7.74. The van der Waals surface area contributed by atoms with Gasteiger partial charge < -0.3 is 5.73 Å². The second-order valence-corrected chi connectivity index (χ2v) is 5.40. The van der Waals surface area contributed by atoms with Crippen molar-refractivity contribution in [2.24, 2.45) is 5.73 Å². The minimum atomic E-state index is 0.302. The summed E-state index contributed by atoms with van der Waals surface area (Å²) < 4.78 is 0. The van der Waals surface area contributed by atoms with Gasteiger partial charge in [-0.1, -0.05) is 24.3 Å². The van der Waals surface area contributed by atoms with Crippen LogP contribution in [0.25, 0.3) is 0 Å². The van der Waals surface area contributed by atoms with Gasteiger partial charge in [0, 0.05) is 22.6 Å². The van der Waals surface area contributed by atoms with Gasteiger partial charge in [-0.25, -0.2) is 0 Å². The third-order valence-electron chi connectivity index (χ3n) is 3.20. The Morgan fingerprint density at radius 2 is 2.31 bits per heavy atom. The first-order valence-electron chi connectivity index (χ1n) is 5.91. The highest BCUT2D eigenvalue weighted by Crippen LogP contribution is 2.41. The molecule has 1 nitrogen and oxygen atoms in total. The molecule has 0 fully saturated rings. The van der Waals surface area contributed by atoms with Gasteiger partial charge in [0.15, 0.2) is 0 Å². The van der Waals surface area contributed by atoms with E-state index in [1.54, 1.807) is 0 Å². The maximum atomic E-state index is 6.29. The van der Waals surface area contributed by atoms with Gasteiger partial charge in [0.05, 0.1) is 0 Å². The second-order valence-electron chi connectivity index (χ2n) is 4.34. The van der Waals surface area contributed by atoms with Crippen LogP contribution in [0.4, 0.5) is 0 Å². The first-order valence-corrected chi connectivity index (χ1v) is 6.89. The molecule has 0 amide bonds. The summed E-state index contributed by atoms with van der Waals surface area (Å²) >= 11 is 1.94. The molecule has 86 valence electrons. The van der Waals surface area contributed by atoms with Crippen molar-refractivity contribution in [3.8, 4) is 0 Å². The summed E-state index contributed by atoms with van der Waals surface area (Å²) in [6, 6.07) is 8.96. The quantitative estimate of drug-likeness (QED) is 0.621. The zero-order chi connectivity index (χ0) is 11.4. The lowest BCUT2D eigenvalue weighted by Crippen LogP contribution is -2.28. The molecule has 0 saturated carbocycles. The van der Waals surface area contributed by atoms with E-state index in [2.05, 4.69) is 30.8 Å². The van der Waals surface area contributed by atoms with Gasteiger partial charge in [-0.15, -0.1) is 18.3 Å². The monoisotopic (exact) mass is 233 g/mol. The molecule has 1 aliphatic rings. The summed E-state index contributed by atoms with van der Waals surface area (Å²) in [6.07, 6.45) is 5.32. The van der Waals surface area contributed by atoms with Crippen LogP contribution < -0.4 is 5.73 Å². The maximum absolute atomic E-state index is 6.29. The largest absolute Gasteiger partial charge is 0.327 e. The fraction of sp³-hybridized carbons (Fsp3) is 0.429. The van der Waals surface area contributed by atoms with Crippen molar-refractivity contribution in [3.05, 3.63) is 42.5 Å². The molecule has 0 bridgehead atoms. The molecule has 1 heterocycles. The van der Waals surface area contributed by atoms with Crippen LogP contribution in [-0.4, -0.2) is 11.8 Å². The van der Waals surface area contributed by atoms with Crippen LogP contribution in [0.2, 0.25) is 0 Å². The van der Waals surface area contributed by atoms with Crippen LogP contribution in [0.5, 0.6) is 0 Å². The molecule has 2 unspecified atom stereocenters. The first-order chi connectivity index (χ1) is 7.83. The second kappa shape index (κ2) is 5.55. The van der Waals surface area contributed by atoms with Crippen LogP contribution in [0.1, 0.15) is 30.7 Å². The summed E-state index contributed by atoms with van der Waals surface area (Å²) in [7, 11) is 0. The van der Waals surface area contributed by atoms with Crippen LogP contribution in [0.3, 0.4) is 0 Å². The average molecular weight is 233 g/mol. The lowest BCUT2D eigenvalue weighted by molar-refractivity contribution is 0.519. The Labute approximate surface area is 102 Å². The maximum Gasteiger partial charge on any atom is 0.0116 e. The molecule has 2 rings (SSSR count). The molecule has 2 heteroatoms. The normalized spacial score (nSPS) is 20.4. The molecule has 1 aromatic rings. The van der Waals surface area contributed by atoms with E-state index >= 15 is 0 Å². The Morgan fingerprint density at radius 3 is 3.12 bits per heavy atom. The number of rotatable bonds is 5. The number of unbranched alkanes of at least 4 members (excludes halogenated alkanes) is 1. The summed E-state index contributed by atoms with van der Waals surface area (Å²) in [5.74, 6) is 1.69. The molecule has 2 N–H and O–H groups in total. The Bertz CT molecular complexity index is 362. The van der Waals surface area contributed by atoms with Gasteiger partial charge >= 0.3 is 0 Å². The number of thioether (sulfide) groups is 1. The van der Waals surface area contributed by atoms with Gasteiger partial charge in [0.1, 0.15) is 0 Å². The lowest BCUT2D eigenvalue weighted by Gasteiger charge is -2.19. The fourth-order valence-corrected chi connectivity index (χ4v) is 3.59. The highest BCUT2D eigenvalue weighted by molar-refractivity contribution is 7.99. The summed E-state index contributed by atoms with van der Waals surface area (Å²) in [4.78, 5) is 1.42. The van der Waals surface area contributed by atoms with E-state index in [1.165, 1.54) is 10.5 Å². The van der Waals surface area contributed by atoms with Crippen molar-refractivity contribution in [3.63, 3.8) is 0 Å². The van der Waals surface area contributed by atoms with Gasteiger partial charge in [-0.2, -0.15) is 0 Å². The van der Waals surface area contributed by atoms with Crippen molar-refractivity contribution in [1.82, 2.24) is 0 Å².